The molecule has 0 radical (unpaired) electrons. The SMILES string of the molecule is COc1ccc(Cc2cc([C@@H]3O[C@H](CCc4ccccc4)[C@@H](OCc4ccccc4)[C@H](OCc4ccccc4)[C@H]3OCc3ccccc3)ccc2C)cc1.O. The van der Waals surface area contributed by atoms with Crippen LogP contribution in [-0.2, 0) is 51.6 Å². The number of methoxy groups -OCH3 is 1. The summed E-state index contributed by atoms with van der Waals surface area (Å²) in [4.78, 5) is 0. The van der Waals surface area contributed by atoms with E-state index in [1.165, 1.54) is 22.3 Å². The third-order valence-electron chi connectivity index (χ3n) is 10.3. The Bertz CT molecular complexity index is 1990. The summed E-state index contributed by atoms with van der Waals surface area (Å²) in [5.41, 5.74) is 9.32. The Balaban J connectivity index is 0.00000514. The first kappa shape index (κ1) is 39.6. The maximum Gasteiger partial charge on any atom is 0.118 e. The molecule has 0 saturated carbocycles. The van der Waals surface area contributed by atoms with Crippen LogP contribution in [0.1, 0.15) is 57.0 Å². The second-order valence-corrected chi connectivity index (χ2v) is 14.1. The van der Waals surface area contributed by atoms with E-state index in [-0.39, 0.29) is 17.7 Å². The van der Waals surface area contributed by atoms with Crippen molar-refractivity contribution >= 4 is 0 Å². The molecule has 0 aromatic heterocycles. The monoisotopic (exact) mass is 736 g/mol. The Morgan fingerprint density at radius 2 is 1.00 bits per heavy atom. The molecule has 1 saturated heterocycles. The van der Waals surface area contributed by atoms with Gasteiger partial charge in [0.15, 0.2) is 0 Å². The van der Waals surface area contributed by atoms with Gasteiger partial charge < -0.3 is 29.2 Å². The Morgan fingerprint density at radius 3 is 1.53 bits per heavy atom. The minimum Gasteiger partial charge on any atom is -0.497 e. The highest BCUT2D eigenvalue weighted by molar-refractivity contribution is 5.38. The molecular formula is C49H52O6. The summed E-state index contributed by atoms with van der Waals surface area (Å²) in [6.07, 6.45) is 0.466. The fourth-order valence-corrected chi connectivity index (χ4v) is 7.26. The molecule has 0 bridgehead atoms. The first-order valence-corrected chi connectivity index (χ1v) is 19.0. The van der Waals surface area contributed by atoms with Crippen LogP contribution in [-0.4, -0.2) is 37.0 Å². The van der Waals surface area contributed by atoms with Crippen molar-refractivity contribution in [2.24, 2.45) is 0 Å². The molecule has 2 N–H and O–H groups in total. The number of aryl methyl sites for hydroxylation is 2. The molecule has 0 unspecified atom stereocenters. The molecule has 284 valence electrons. The van der Waals surface area contributed by atoms with Crippen LogP contribution in [0.5, 0.6) is 5.75 Å². The first-order valence-electron chi connectivity index (χ1n) is 19.0. The van der Waals surface area contributed by atoms with E-state index in [0.717, 1.165) is 47.3 Å². The van der Waals surface area contributed by atoms with Crippen LogP contribution in [0.15, 0.2) is 164 Å². The summed E-state index contributed by atoms with van der Waals surface area (Å²) < 4.78 is 33.7. The Hall–Kier alpha value is -5.08. The van der Waals surface area contributed by atoms with Crippen molar-refractivity contribution in [2.75, 3.05) is 7.11 Å². The number of benzene rings is 6. The Kier molecular flexibility index (Phi) is 14.4. The van der Waals surface area contributed by atoms with Gasteiger partial charge in [0.05, 0.1) is 33.0 Å². The zero-order valence-electron chi connectivity index (χ0n) is 31.8. The Morgan fingerprint density at radius 1 is 0.509 bits per heavy atom. The summed E-state index contributed by atoms with van der Waals surface area (Å²) in [5, 5.41) is 0. The zero-order chi connectivity index (χ0) is 37.0. The third-order valence-corrected chi connectivity index (χ3v) is 10.3. The van der Waals surface area contributed by atoms with Gasteiger partial charge in [-0.15, -0.1) is 0 Å². The van der Waals surface area contributed by atoms with Crippen LogP contribution in [0.4, 0.5) is 0 Å². The molecule has 6 aromatic rings. The van der Waals surface area contributed by atoms with Crippen molar-refractivity contribution in [3.05, 3.63) is 208 Å². The van der Waals surface area contributed by atoms with E-state index >= 15 is 0 Å². The van der Waals surface area contributed by atoms with E-state index < -0.39 is 18.3 Å². The fourth-order valence-electron chi connectivity index (χ4n) is 7.26. The van der Waals surface area contributed by atoms with Gasteiger partial charge in [0.2, 0.25) is 0 Å². The molecule has 1 aliphatic heterocycles. The van der Waals surface area contributed by atoms with Gasteiger partial charge >= 0.3 is 0 Å². The highest BCUT2D eigenvalue weighted by atomic mass is 16.6. The molecule has 0 amide bonds. The van der Waals surface area contributed by atoms with Crippen molar-refractivity contribution in [1.82, 2.24) is 0 Å². The Labute approximate surface area is 326 Å². The van der Waals surface area contributed by atoms with E-state index in [0.29, 0.717) is 19.8 Å². The van der Waals surface area contributed by atoms with Crippen LogP contribution in [0.3, 0.4) is 0 Å². The topological polar surface area (TPSA) is 77.7 Å². The van der Waals surface area contributed by atoms with Crippen LogP contribution in [0.25, 0.3) is 0 Å². The molecular weight excluding hydrogens is 685 g/mol. The van der Waals surface area contributed by atoms with Gasteiger partial charge in [-0.25, -0.2) is 0 Å². The molecule has 7 rings (SSSR count). The summed E-state index contributed by atoms with van der Waals surface area (Å²) >= 11 is 0. The van der Waals surface area contributed by atoms with E-state index in [1.54, 1.807) is 7.11 Å². The lowest BCUT2D eigenvalue weighted by Gasteiger charge is -2.47. The number of hydrogen-bond acceptors (Lipinski definition) is 5. The van der Waals surface area contributed by atoms with Gasteiger partial charge in [-0.1, -0.05) is 152 Å². The van der Waals surface area contributed by atoms with Crippen molar-refractivity contribution in [2.45, 2.75) is 76.5 Å². The van der Waals surface area contributed by atoms with Crippen molar-refractivity contribution in [3.8, 4) is 5.75 Å². The van der Waals surface area contributed by atoms with Gasteiger partial charge in [0, 0.05) is 0 Å². The van der Waals surface area contributed by atoms with Gasteiger partial charge in [0.1, 0.15) is 30.2 Å². The largest absolute Gasteiger partial charge is 0.497 e. The van der Waals surface area contributed by atoms with Crippen molar-refractivity contribution in [1.29, 1.82) is 0 Å². The summed E-state index contributed by atoms with van der Waals surface area (Å²) in [7, 11) is 1.70. The second-order valence-electron chi connectivity index (χ2n) is 14.1. The quantitative estimate of drug-likeness (QED) is 0.0990. The van der Waals surface area contributed by atoms with Crippen LogP contribution >= 0.6 is 0 Å². The predicted octanol–water partition coefficient (Wildman–Crippen LogP) is 9.60. The molecule has 55 heavy (non-hydrogen) atoms. The van der Waals surface area contributed by atoms with Gasteiger partial charge in [-0.05, 0) is 82.8 Å². The molecule has 0 aliphatic carbocycles. The highest BCUT2D eigenvalue weighted by Gasteiger charge is 2.48. The predicted molar refractivity (Wildman–Crippen MR) is 218 cm³/mol. The van der Waals surface area contributed by atoms with Crippen LogP contribution in [0.2, 0.25) is 0 Å². The molecule has 5 atom stereocenters. The molecule has 0 spiro atoms. The lowest BCUT2D eigenvalue weighted by molar-refractivity contribution is -0.268. The standard InChI is InChI=1S/C49H50O5.H2O/c1-36-23-27-42(32-43(36)31-38-24-28-44(50-2)29-25-38)46-48(52-34-40-19-11-5-12-20-40)49(53-35-41-21-13-6-14-22-41)47(51-33-39-17-9-4-10-18-39)45(54-46)30-26-37-15-7-3-8-16-37;/h3-25,27-29,32,45-49H,26,30-31,33-35H2,1-2H3;1H2/t45-,46+,47-,48+,49+;/m1./s1. The highest BCUT2D eigenvalue weighted by Crippen LogP contribution is 2.40. The molecule has 1 fully saturated rings. The van der Waals surface area contributed by atoms with E-state index in [2.05, 4.69) is 128 Å². The summed E-state index contributed by atoms with van der Waals surface area (Å²) in [6, 6.07) is 56.7. The summed E-state index contributed by atoms with van der Waals surface area (Å²) in [6.45, 7) is 3.46. The van der Waals surface area contributed by atoms with Gasteiger partial charge in [-0.2, -0.15) is 0 Å². The minimum atomic E-state index is -0.459. The molecule has 6 heteroatoms. The van der Waals surface area contributed by atoms with Crippen LogP contribution < -0.4 is 4.74 Å². The maximum absolute atomic E-state index is 7.31. The smallest absolute Gasteiger partial charge is 0.118 e. The van der Waals surface area contributed by atoms with Crippen LogP contribution in [0, 0.1) is 6.92 Å². The van der Waals surface area contributed by atoms with Crippen molar-refractivity contribution in [3.63, 3.8) is 0 Å². The number of ether oxygens (including phenoxy) is 5. The molecule has 1 aliphatic rings. The number of rotatable bonds is 16. The number of hydrogen-bond donors (Lipinski definition) is 0. The molecule has 6 nitrogen and oxygen atoms in total. The lowest BCUT2D eigenvalue weighted by Crippen LogP contribution is -2.57. The maximum atomic E-state index is 7.31. The fraction of sp³-hybridized carbons (Fsp3) is 0.265. The van der Waals surface area contributed by atoms with E-state index in [9.17, 15) is 0 Å². The average Bonchev–Trinajstić information content (AvgIpc) is 3.23. The third kappa shape index (κ3) is 10.8. The van der Waals surface area contributed by atoms with Gasteiger partial charge in [0.25, 0.3) is 0 Å². The minimum absolute atomic E-state index is 0. The molecule has 6 aromatic carbocycles. The van der Waals surface area contributed by atoms with E-state index in [4.69, 9.17) is 23.7 Å². The van der Waals surface area contributed by atoms with Crippen molar-refractivity contribution < 1.29 is 29.2 Å². The lowest BCUT2D eigenvalue weighted by atomic mass is 9.86. The van der Waals surface area contributed by atoms with Gasteiger partial charge in [-0.3, -0.25) is 0 Å². The first-order chi connectivity index (χ1) is 26.6. The molecule has 1 heterocycles. The average molecular weight is 737 g/mol. The normalized spacial score (nSPS) is 19.3. The zero-order valence-corrected chi connectivity index (χ0v) is 31.8. The van der Waals surface area contributed by atoms with E-state index in [1.807, 2.05) is 42.5 Å². The summed E-state index contributed by atoms with van der Waals surface area (Å²) in [5.74, 6) is 0.852. The second kappa shape index (κ2) is 20.0.